The number of H-pyrrole nitrogens is 1. The summed E-state index contributed by atoms with van der Waals surface area (Å²) in [7, 11) is 1.62. The Hall–Kier alpha value is -2.00. The number of ether oxygens (including phenoxy) is 1. The van der Waals surface area contributed by atoms with E-state index >= 15 is 0 Å². The summed E-state index contributed by atoms with van der Waals surface area (Å²) < 4.78 is 5.24. The van der Waals surface area contributed by atoms with Crippen LogP contribution in [-0.4, -0.2) is 17.1 Å². The first-order valence-corrected chi connectivity index (χ1v) is 7.60. The van der Waals surface area contributed by atoms with E-state index in [9.17, 15) is 0 Å². The smallest absolute Gasteiger partial charge is 0.138 e. The quantitative estimate of drug-likeness (QED) is 0.707. The van der Waals surface area contributed by atoms with Gasteiger partial charge in [0, 0.05) is 17.7 Å². The molecule has 0 aliphatic rings. The molecule has 3 rings (SSSR count). The van der Waals surface area contributed by atoms with Gasteiger partial charge in [-0.2, -0.15) is 0 Å². The first-order valence-electron chi connectivity index (χ1n) is 7.22. The van der Waals surface area contributed by atoms with E-state index in [-0.39, 0.29) is 5.41 Å². The third-order valence-corrected chi connectivity index (χ3v) is 4.06. The number of aromatic amines is 1. The average Bonchev–Trinajstić information content (AvgIpc) is 2.91. The van der Waals surface area contributed by atoms with Crippen LogP contribution in [0.5, 0.6) is 5.75 Å². The Bertz CT molecular complexity index is 813. The van der Waals surface area contributed by atoms with Crippen LogP contribution in [0, 0.1) is 0 Å². The van der Waals surface area contributed by atoms with E-state index in [1.165, 1.54) is 5.56 Å². The second-order valence-corrected chi connectivity index (χ2v) is 6.83. The second kappa shape index (κ2) is 5.33. The molecule has 0 aliphatic heterocycles. The van der Waals surface area contributed by atoms with Gasteiger partial charge in [0.1, 0.15) is 17.1 Å². The molecular formula is C18H19ClN2O. The number of hydrogen-bond donors (Lipinski definition) is 1. The van der Waals surface area contributed by atoms with Crippen molar-refractivity contribution in [3.05, 3.63) is 47.0 Å². The number of rotatable bonds is 2. The Morgan fingerprint density at radius 2 is 1.77 bits per heavy atom. The highest BCUT2D eigenvalue weighted by Gasteiger charge is 2.14. The minimum absolute atomic E-state index is 0.142. The van der Waals surface area contributed by atoms with Crippen LogP contribution in [0.3, 0.4) is 0 Å². The molecule has 2 aromatic carbocycles. The summed E-state index contributed by atoms with van der Waals surface area (Å²) >= 11 is 6.26. The van der Waals surface area contributed by atoms with Gasteiger partial charge in [0.2, 0.25) is 0 Å². The van der Waals surface area contributed by atoms with Crippen molar-refractivity contribution in [3.8, 4) is 17.1 Å². The molecule has 1 N–H and O–H groups in total. The van der Waals surface area contributed by atoms with Crippen LogP contribution in [-0.2, 0) is 5.41 Å². The molecule has 0 atom stereocenters. The van der Waals surface area contributed by atoms with E-state index in [1.807, 2.05) is 6.07 Å². The molecule has 3 aromatic rings. The second-order valence-electron chi connectivity index (χ2n) is 6.42. The van der Waals surface area contributed by atoms with Crippen LogP contribution >= 0.6 is 11.6 Å². The highest BCUT2D eigenvalue weighted by Crippen LogP contribution is 2.31. The van der Waals surface area contributed by atoms with Gasteiger partial charge in [-0.05, 0) is 11.0 Å². The van der Waals surface area contributed by atoms with Crippen molar-refractivity contribution in [3.63, 3.8) is 0 Å². The molecule has 0 saturated heterocycles. The maximum atomic E-state index is 6.26. The van der Waals surface area contributed by atoms with Crippen molar-refractivity contribution in [2.24, 2.45) is 0 Å². The normalized spacial score (nSPS) is 11.9. The Balaban J connectivity index is 2.05. The summed E-state index contributed by atoms with van der Waals surface area (Å²) in [5.74, 6) is 1.53. The fourth-order valence-corrected chi connectivity index (χ4v) is 2.68. The number of nitrogens with one attached hydrogen (secondary N) is 1. The third kappa shape index (κ3) is 2.69. The molecule has 0 spiro atoms. The van der Waals surface area contributed by atoms with Crippen molar-refractivity contribution in [1.82, 2.24) is 9.97 Å². The molecular weight excluding hydrogens is 296 g/mol. The summed E-state index contributed by atoms with van der Waals surface area (Å²) in [5.41, 5.74) is 4.12. The van der Waals surface area contributed by atoms with E-state index in [4.69, 9.17) is 16.3 Å². The first-order chi connectivity index (χ1) is 10.4. The number of fused-ring (bicyclic) bond motifs is 1. The van der Waals surface area contributed by atoms with Gasteiger partial charge in [0.05, 0.1) is 17.6 Å². The highest BCUT2D eigenvalue weighted by atomic mass is 35.5. The number of methoxy groups -OCH3 is 1. The molecule has 1 aromatic heterocycles. The topological polar surface area (TPSA) is 37.9 Å². The maximum absolute atomic E-state index is 6.26. The molecule has 0 saturated carbocycles. The molecule has 0 fully saturated rings. The molecule has 0 amide bonds. The molecule has 1 heterocycles. The van der Waals surface area contributed by atoms with E-state index in [0.717, 1.165) is 28.2 Å². The minimum Gasteiger partial charge on any atom is -0.497 e. The van der Waals surface area contributed by atoms with Crippen molar-refractivity contribution in [1.29, 1.82) is 0 Å². The largest absolute Gasteiger partial charge is 0.497 e. The molecule has 3 nitrogen and oxygen atoms in total. The van der Waals surface area contributed by atoms with E-state index in [2.05, 4.69) is 55.0 Å². The van der Waals surface area contributed by atoms with Crippen molar-refractivity contribution in [2.75, 3.05) is 7.11 Å². The fraction of sp³-hybridized carbons (Fsp3) is 0.278. The maximum Gasteiger partial charge on any atom is 0.138 e. The molecule has 0 bridgehead atoms. The van der Waals surface area contributed by atoms with E-state index in [0.29, 0.717) is 5.02 Å². The van der Waals surface area contributed by atoms with Crippen LogP contribution in [0.4, 0.5) is 0 Å². The van der Waals surface area contributed by atoms with Crippen LogP contribution in [0.2, 0.25) is 5.02 Å². The van der Waals surface area contributed by atoms with Gasteiger partial charge >= 0.3 is 0 Å². The van der Waals surface area contributed by atoms with Gasteiger partial charge < -0.3 is 9.72 Å². The summed E-state index contributed by atoms with van der Waals surface area (Å²) in [6.45, 7) is 6.61. The first kappa shape index (κ1) is 14.9. The zero-order chi connectivity index (χ0) is 15.9. The lowest BCUT2D eigenvalue weighted by Gasteiger charge is -2.18. The SMILES string of the molecule is COc1cc(Cl)c2nc(-c3ccc(C(C)(C)C)cc3)[nH]c2c1. The Kier molecular flexibility index (Phi) is 3.61. The van der Waals surface area contributed by atoms with Crippen LogP contribution in [0.25, 0.3) is 22.4 Å². The van der Waals surface area contributed by atoms with E-state index in [1.54, 1.807) is 13.2 Å². The van der Waals surface area contributed by atoms with E-state index < -0.39 is 0 Å². The fourth-order valence-electron chi connectivity index (χ4n) is 2.43. The van der Waals surface area contributed by atoms with Gasteiger partial charge in [-0.15, -0.1) is 0 Å². The minimum atomic E-state index is 0.142. The van der Waals surface area contributed by atoms with Crippen LogP contribution in [0.1, 0.15) is 26.3 Å². The molecule has 0 unspecified atom stereocenters. The number of aromatic nitrogens is 2. The van der Waals surface area contributed by atoms with Gasteiger partial charge in [-0.1, -0.05) is 56.6 Å². The monoisotopic (exact) mass is 314 g/mol. The van der Waals surface area contributed by atoms with Crippen molar-refractivity contribution < 1.29 is 4.74 Å². The van der Waals surface area contributed by atoms with Crippen molar-refractivity contribution in [2.45, 2.75) is 26.2 Å². The van der Waals surface area contributed by atoms with Gasteiger partial charge in [0.25, 0.3) is 0 Å². The predicted octanol–water partition coefficient (Wildman–Crippen LogP) is 5.19. The zero-order valence-electron chi connectivity index (χ0n) is 13.2. The number of hydrogen-bond acceptors (Lipinski definition) is 2. The lowest BCUT2D eigenvalue weighted by Crippen LogP contribution is -2.10. The Labute approximate surface area is 135 Å². The van der Waals surface area contributed by atoms with Crippen LogP contribution in [0.15, 0.2) is 36.4 Å². The average molecular weight is 315 g/mol. The highest BCUT2D eigenvalue weighted by molar-refractivity contribution is 6.35. The number of nitrogens with zero attached hydrogens (tertiary/aromatic N) is 1. The number of benzene rings is 2. The summed E-state index contributed by atoms with van der Waals surface area (Å²) in [5, 5.41) is 0.586. The molecule has 0 aliphatic carbocycles. The number of halogens is 1. The Morgan fingerprint density at radius 1 is 1.09 bits per heavy atom. The molecule has 114 valence electrons. The number of imidazole rings is 1. The predicted molar refractivity (Wildman–Crippen MR) is 91.8 cm³/mol. The molecule has 22 heavy (non-hydrogen) atoms. The molecule has 4 heteroatoms. The third-order valence-electron chi connectivity index (χ3n) is 3.77. The van der Waals surface area contributed by atoms with Crippen LogP contribution < -0.4 is 4.74 Å². The summed E-state index contributed by atoms with van der Waals surface area (Å²) in [6, 6.07) is 12.1. The van der Waals surface area contributed by atoms with Crippen molar-refractivity contribution >= 4 is 22.6 Å². The molecule has 0 radical (unpaired) electrons. The zero-order valence-corrected chi connectivity index (χ0v) is 14.0. The summed E-state index contributed by atoms with van der Waals surface area (Å²) in [6.07, 6.45) is 0. The van der Waals surface area contributed by atoms with Gasteiger partial charge in [-0.25, -0.2) is 4.98 Å². The lowest BCUT2D eigenvalue weighted by molar-refractivity contribution is 0.415. The lowest BCUT2D eigenvalue weighted by atomic mass is 9.87. The standard InChI is InChI=1S/C18H19ClN2O/c1-18(2,3)12-7-5-11(6-8-12)17-20-15-10-13(22-4)9-14(19)16(15)21-17/h5-10H,1-4H3,(H,20,21). The summed E-state index contributed by atoms with van der Waals surface area (Å²) in [4.78, 5) is 7.92. The van der Waals surface area contributed by atoms with Gasteiger partial charge in [-0.3, -0.25) is 0 Å². The van der Waals surface area contributed by atoms with Gasteiger partial charge in [0.15, 0.2) is 0 Å². The Morgan fingerprint density at radius 3 is 2.36 bits per heavy atom.